The second-order valence-electron chi connectivity index (χ2n) is 11.4. The van der Waals surface area contributed by atoms with Crippen molar-refractivity contribution in [3.63, 3.8) is 0 Å². The SMILES string of the molecule is Cc1cc(C2=CNC(C(NCC3CCSCC3)C(C)C(N)Oc3ccc(Cl)cc3)N2C)ccc1C(=O)NC1CC1. The lowest BCUT2D eigenvalue weighted by Crippen LogP contribution is -2.59. The number of aryl methyl sites for hydroxylation is 1. The number of nitrogens with one attached hydrogen (secondary N) is 3. The van der Waals surface area contributed by atoms with E-state index in [0.29, 0.717) is 22.7 Å². The molecule has 2 fully saturated rings. The van der Waals surface area contributed by atoms with Crippen molar-refractivity contribution in [2.45, 2.75) is 64.0 Å². The molecular formula is C31H42ClN5O2S. The predicted molar refractivity (Wildman–Crippen MR) is 165 cm³/mol. The van der Waals surface area contributed by atoms with Crippen LogP contribution in [0.4, 0.5) is 0 Å². The Kier molecular flexibility index (Phi) is 9.51. The van der Waals surface area contributed by atoms with Gasteiger partial charge in [-0.1, -0.05) is 24.6 Å². The van der Waals surface area contributed by atoms with Crippen LogP contribution >= 0.6 is 23.4 Å². The van der Waals surface area contributed by atoms with Crippen molar-refractivity contribution in [3.8, 4) is 5.75 Å². The lowest BCUT2D eigenvalue weighted by Gasteiger charge is -2.39. The maximum atomic E-state index is 12.7. The summed E-state index contributed by atoms with van der Waals surface area (Å²) in [5, 5.41) is 11.3. The molecule has 0 spiro atoms. The topological polar surface area (TPSA) is 91.7 Å². The van der Waals surface area contributed by atoms with Gasteiger partial charge in [0.2, 0.25) is 0 Å². The number of benzene rings is 2. The minimum atomic E-state index is -0.508. The maximum Gasteiger partial charge on any atom is 0.251 e. The lowest BCUT2D eigenvalue weighted by molar-refractivity contribution is 0.0904. The van der Waals surface area contributed by atoms with Crippen molar-refractivity contribution in [2.24, 2.45) is 17.6 Å². The highest BCUT2D eigenvalue weighted by Gasteiger charge is 2.37. The first-order chi connectivity index (χ1) is 19.3. The van der Waals surface area contributed by atoms with Crippen molar-refractivity contribution < 1.29 is 9.53 Å². The Morgan fingerprint density at radius 3 is 2.58 bits per heavy atom. The standard InChI is InChI=1S/C31H42ClN5O2S/c1-19-16-22(4-11-26(19)31(38)36-24-7-8-24)27-18-35-30(37(27)3)28(34-17-21-12-14-40-15-13-21)20(2)29(33)39-25-9-5-23(32)6-10-25/h4-6,9-11,16,18,20-21,24,28-30,34-35H,7-8,12-15,17,33H2,1-3H3,(H,36,38). The number of hydrogen-bond donors (Lipinski definition) is 4. The van der Waals surface area contributed by atoms with Crippen molar-refractivity contribution in [1.29, 1.82) is 0 Å². The average molecular weight is 584 g/mol. The summed E-state index contributed by atoms with van der Waals surface area (Å²) in [6.07, 6.45) is 6.19. The van der Waals surface area contributed by atoms with Gasteiger partial charge in [0, 0.05) is 35.8 Å². The van der Waals surface area contributed by atoms with Crippen LogP contribution in [0.3, 0.4) is 0 Å². The normalized spacial score (nSPS) is 21.8. The molecule has 4 atom stereocenters. The van der Waals surface area contributed by atoms with Crippen molar-refractivity contribution in [2.75, 3.05) is 25.1 Å². The van der Waals surface area contributed by atoms with Crippen LogP contribution in [0.5, 0.6) is 5.75 Å². The summed E-state index contributed by atoms with van der Waals surface area (Å²) < 4.78 is 6.17. The molecule has 1 saturated heterocycles. The number of nitrogens with zero attached hydrogens (tertiary/aromatic N) is 1. The minimum absolute atomic E-state index is 0.00317. The van der Waals surface area contributed by atoms with Gasteiger partial charge < -0.3 is 25.6 Å². The Hall–Kier alpha value is -2.39. The van der Waals surface area contributed by atoms with E-state index < -0.39 is 6.23 Å². The number of carbonyl (C=O) groups is 1. The van der Waals surface area contributed by atoms with Gasteiger partial charge in [-0.3, -0.25) is 10.5 Å². The highest BCUT2D eigenvalue weighted by atomic mass is 35.5. The summed E-state index contributed by atoms with van der Waals surface area (Å²) in [6.45, 7) is 5.11. The van der Waals surface area contributed by atoms with Crippen LogP contribution in [0.25, 0.3) is 5.70 Å². The third kappa shape index (κ3) is 7.08. The Labute approximate surface area is 247 Å². The first-order valence-electron chi connectivity index (χ1n) is 14.4. The van der Waals surface area contributed by atoms with Crippen molar-refractivity contribution in [1.82, 2.24) is 20.9 Å². The molecule has 4 unspecified atom stereocenters. The van der Waals surface area contributed by atoms with Gasteiger partial charge in [0.15, 0.2) is 6.23 Å². The molecule has 2 aromatic rings. The van der Waals surface area contributed by atoms with Crippen LogP contribution in [-0.4, -0.2) is 60.4 Å². The number of carbonyl (C=O) groups excluding carboxylic acids is 1. The zero-order chi connectivity index (χ0) is 28.2. The van der Waals surface area contributed by atoms with Crippen LogP contribution in [0.15, 0.2) is 48.7 Å². The number of hydrogen-bond acceptors (Lipinski definition) is 7. The van der Waals surface area contributed by atoms with Crippen LogP contribution < -0.4 is 26.4 Å². The van der Waals surface area contributed by atoms with Gasteiger partial charge in [0.25, 0.3) is 5.91 Å². The molecule has 216 valence electrons. The second kappa shape index (κ2) is 13.1. The molecule has 5 N–H and O–H groups in total. The van der Waals surface area contributed by atoms with Gasteiger partial charge in [-0.2, -0.15) is 11.8 Å². The van der Waals surface area contributed by atoms with E-state index in [1.807, 2.05) is 55.1 Å². The Morgan fingerprint density at radius 1 is 1.18 bits per heavy atom. The molecule has 40 heavy (non-hydrogen) atoms. The average Bonchev–Trinajstić information content (AvgIpc) is 3.69. The van der Waals surface area contributed by atoms with Gasteiger partial charge in [-0.25, -0.2) is 0 Å². The molecular weight excluding hydrogens is 542 g/mol. The van der Waals surface area contributed by atoms with E-state index in [4.69, 9.17) is 22.1 Å². The highest BCUT2D eigenvalue weighted by molar-refractivity contribution is 7.99. The molecule has 0 bridgehead atoms. The van der Waals surface area contributed by atoms with Gasteiger partial charge >= 0.3 is 0 Å². The molecule has 0 radical (unpaired) electrons. The fraction of sp³-hybridized carbons (Fsp3) is 0.516. The molecule has 0 aromatic heterocycles. The first-order valence-corrected chi connectivity index (χ1v) is 15.9. The lowest BCUT2D eigenvalue weighted by atomic mass is 9.94. The number of likely N-dealkylation sites (N-methyl/N-ethyl adjacent to an activating group) is 1. The number of ether oxygens (including phenoxy) is 1. The van der Waals surface area contributed by atoms with E-state index in [0.717, 1.165) is 41.8 Å². The molecule has 1 aliphatic carbocycles. The van der Waals surface area contributed by atoms with Crippen LogP contribution in [-0.2, 0) is 0 Å². The Balaban J connectivity index is 1.30. The smallest absolute Gasteiger partial charge is 0.251 e. The molecule has 1 amide bonds. The molecule has 2 heterocycles. The molecule has 9 heteroatoms. The molecule has 2 aliphatic heterocycles. The molecule has 7 nitrogen and oxygen atoms in total. The summed E-state index contributed by atoms with van der Waals surface area (Å²) in [7, 11) is 2.11. The van der Waals surface area contributed by atoms with Crippen molar-refractivity contribution >= 4 is 35.0 Å². The minimum Gasteiger partial charge on any atom is -0.475 e. The van der Waals surface area contributed by atoms with E-state index in [9.17, 15) is 4.79 Å². The summed E-state index contributed by atoms with van der Waals surface area (Å²) in [4.78, 5) is 14.9. The van der Waals surface area contributed by atoms with Crippen LogP contribution in [0.1, 0.15) is 54.1 Å². The van der Waals surface area contributed by atoms with Gasteiger partial charge in [0.1, 0.15) is 11.9 Å². The van der Waals surface area contributed by atoms with Gasteiger partial charge in [-0.15, -0.1) is 0 Å². The van der Waals surface area contributed by atoms with Crippen molar-refractivity contribution in [3.05, 3.63) is 70.4 Å². The zero-order valence-electron chi connectivity index (χ0n) is 23.7. The largest absolute Gasteiger partial charge is 0.475 e. The van der Waals surface area contributed by atoms with E-state index >= 15 is 0 Å². The van der Waals surface area contributed by atoms with Gasteiger partial charge in [0.05, 0.1) is 11.7 Å². The Morgan fingerprint density at radius 2 is 1.90 bits per heavy atom. The third-order valence-electron chi connectivity index (χ3n) is 8.36. The highest BCUT2D eigenvalue weighted by Crippen LogP contribution is 2.30. The molecule has 5 rings (SSSR count). The molecule has 1 saturated carbocycles. The molecule has 2 aromatic carbocycles. The van der Waals surface area contributed by atoms with E-state index in [1.165, 1.54) is 24.3 Å². The van der Waals surface area contributed by atoms with E-state index in [1.54, 1.807) is 0 Å². The van der Waals surface area contributed by atoms with E-state index in [-0.39, 0.29) is 24.0 Å². The van der Waals surface area contributed by atoms with E-state index in [2.05, 4.69) is 47.1 Å². The predicted octanol–water partition coefficient (Wildman–Crippen LogP) is 4.80. The Bertz CT molecular complexity index is 1200. The fourth-order valence-electron chi connectivity index (χ4n) is 5.55. The fourth-order valence-corrected chi connectivity index (χ4v) is 6.88. The number of thioether (sulfide) groups is 1. The monoisotopic (exact) mass is 583 g/mol. The summed E-state index contributed by atoms with van der Waals surface area (Å²) >= 11 is 8.11. The summed E-state index contributed by atoms with van der Waals surface area (Å²) in [6, 6.07) is 13.8. The zero-order valence-corrected chi connectivity index (χ0v) is 25.2. The van der Waals surface area contributed by atoms with Gasteiger partial charge in [-0.05, 0) is 104 Å². The maximum absolute atomic E-state index is 12.7. The number of halogens is 1. The number of nitrogens with two attached hydrogens (primary N) is 1. The van der Waals surface area contributed by atoms with Crippen LogP contribution in [0.2, 0.25) is 5.02 Å². The van der Waals surface area contributed by atoms with Crippen LogP contribution in [0, 0.1) is 18.8 Å². The summed E-state index contributed by atoms with van der Waals surface area (Å²) in [5.41, 5.74) is 10.5. The number of rotatable bonds is 11. The molecule has 3 aliphatic rings. The quantitative estimate of drug-likeness (QED) is 0.282. The number of amides is 1. The second-order valence-corrected chi connectivity index (χ2v) is 13.1. The first kappa shape index (κ1) is 29.1. The third-order valence-corrected chi connectivity index (χ3v) is 9.66. The summed E-state index contributed by atoms with van der Waals surface area (Å²) in [5.74, 6) is 3.85.